The molecule has 3 N–H and O–H groups in total. The van der Waals surface area contributed by atoms with Gasteiger partial charge in [0.25, 0.3) is 0 Å². The summed E-state index contributed by atoms with van der Waals surface area (Å²) in [7, 11) is 0. The fraction of sp³-hybridized carbons (Fsp3) is 0.316. The summed E-state index contributed by atoms with van der Waals surface area (Å²) in [6, 6.07) is 5.08. The van der Waals surface area contributed by atoms with Gasteiger partial charge < -0.3 is 20.6 Å². The number of anilines is 2. The molecule has 1 fully saturated rings. The number of hydrogen-bond acceptors (Lipinski definition) is 4. The Morgan fingerprint density at radius 2 is 1.86 bits per heavy atom. The zero-order valence-electron chi connectivity index (χ0n) is 15.8. The zero-order chi connectivity index (χ0) is 21.0. The summed E-state index contributed by atoms with van der Waals surface area (Å²) in [5, 5.41) is 13.8. The lowest BCUT2D eigenvalue weighted by molar-refractivity contribution is 0.103. The van der Waals surface area contributed by atoms with Crippen LogP contribution < -0.4 is 10.6 Å². The van der Waals surface area contributed by atoms with E-state index in [9.17, 15) is 18.4 Å². The third-order valence-corrected chi connectivity index (χ3v) is 4.55. The maximum atomic E-state index is 14.1. The SMILES string of the molecule is Cc1ccc(NC(=O)Nc2cc(CN3CCN(C(=O)O)CC3)cc(F)c2F)cn1. The van der Waals surface area contributed by atoms with E-state index in [4.69, 9.17) is 5.11 Å². The molecular formula is C19H21F2N5O3. The fourth-order valence-corrected chi connectivity index (χ4v) is 3.01. The van der Waals surface area contributed by atoms with E-state index in [0.29, 0.717) is 44.0 Å². The minimum Gasteiger partial charge on any atom is -0.465 e. The van der Waals surface area contributed by atoms with Gasteiger partial charge in [0.05, 0.1) is 17.6 Å². The summed E-state index contributed by atoms with van der Waals surface area (Å²) in [5.74, 6) is -2.22. The molecule has 3 amide bonds. The van der Waals surface area contributed by atoms with E-state index in [1.165, 1.54) is 17.2 Å². The number of aryl methyl sites for hydroxylation is 1. The number of rotatable bonds is 4. The van der Waals surface area contributed by atoms with E-state index in [1.54, 1.807) is 19.1 Å². The summed E-state index contributed by atoms with van der Waals surface area (Å²) in [6.45, 7) is 3.76. The Morgan fingerprint density at radius 3 is 2.48 bits per heavy atom. The van der Waals surface area contributed by atoms with Gasteiger partial charge in [-0.25, -0.2) is 18.4 Å². The molecule has 0 atom stereocenters. The summed E-state index contributed by atoms with van der Waals surface area (Å²) in [4.78, 5) is 30.4. The lowest BCUT2D eigenvalue weighted by Crippen LogP contribution is -2.47. The van der Waals surface area contributed by atoms with Crippen molar-refractivity contribution >= 4 is 23.5 Å². The van der Waals surface area contributed by atoms with Gasteiger partial charge in [-0.2, -0.15) is 0 Å². The second-order valence-electron chi connectivity index (χ2n) is 6.75. The molecule has 0 saturated carbocycles. The second kappa shape index (κ2) is 8.82. The van der Waals surface area contributed by atoms with Crippen LogP contribution >= 0.6 is 0 Å². The predicted octanol–water partition coefficient (Wildman–Crippen LogP) is 3.11. The molecule has 1 aromatic carbocycles. The van der Waals surface area contributed by atoms with Gasteiger partial charge in [-0.3, -0.25) is 9.88 Å². The van der Waals surface area contributed by atoms with Crippen molar-refractivity contribution in [2.45, 2.75) is 13.5 Å². The van der Waals surface area contributed by atoms with Gasteiger partial charge in [-0.15, -0.1) is 0 Å². The van der Waals surface area contributed by atoms with Crippen molar-refractivity contribution in [3.63, 3.8) is 0 Å². The normalized spacial score (nSPS) is 14.5. The van der Waals surface area contributed by atoms with Crippen LogP contribution in [0.5, 0.6) is 0 Å². The first-order chi connectivity index (χ1) is 13.8. The maximum absolute atomic E-state index is 14.1. The van der Waals surface area contributed by atoms with Gasteiger partial charge in [0.1, 0.15) is 0 Å². The number of amides is 3. The molecule has 2 aromatic rings. The molecule has 2 heterocycles. The van der Waals surface area contributed by atoms with Crippen LogP contribution in [0.2, 0.25) is 0 Å². The largest absolute Gasteiger partial charge is 0.465 e. The molecule has 8 nitrogen and oxygen atoms in total. The topological polar surface area (TPSA) is 97.8 Å². The predicted molar refractivity (Wildman–Crippen MR) is 103 cm³/mol. The third-order valence-electron chi connectivity index (χ3n) is 4.55. The van der Waals surface area contributed by atoms with Crippen molar-refractivity contribution in [2.75, 3.05) is 36.8 Å². The maximum Gasteiger partial charge on any atom is 0.407 e. The number of benzene rings is 1. The van der Waals surface area contributed by atoms with Crippen molar-refractivity contribution in [1.29, 1.82) is 0 Å². The van der Waals surface area contributed by atoms with Crippen LogP contribution in [0.3, 0.4) is 0 Å². The van der Waals surface area contributed by atoms with Crippen molar-refractivity contribution in [2.24, 2.45) is 0 Å². The van der Waals surface area contributed by atoms with Crippen molar-refractivity contribution in [3.05, 3.63) is 53.4 Å². The monoisotopic (exact) mass is 405 g/mol. The number of urea groups is 1. The molecular weight excluding hydrogens is 384 g/mol. The highest BCUT2D eigenvalue weighted by atomic mass is 19.2. The third kappa shape index (κ3) is 5.38. The van der Waals surface area contributed by atoms with Gasteiger partial charge >= 0.3 is 12.1 Å². The zero-order valence-corrected chi connectivity index (χ0v) is 15.8. The highest BCUT2D eigenvalue weighted by Gasteiger charge is 2.21. The molecule has 154 valence electrons. The summed E-state index contributed by atoms with van der Waals surface area (Å²) < 4.78 is 28.2. The molecule has 0 spiro atoms. The van der Waals surface area contributed by atoms with E-state index in [2.05, 4.69) is 15.6 Å². The van der Waals surface area contributed by atoms with E-state index in [0.717, 1.165) is 11.8 Å². The van der Waals surface area contributed by atoms with Crippen LogP contribution in [-0.2, 0) is 6.54 Å². The van der Waals surface area contributed by atoms with Crippen molar-refractivity contribution < 1.29 is 23.5 Å². The first kappa shape index (κ1) is 20.5. The van der Waals surface area contributed by atoms with Crippen molar-refractivity contribution in [3.8, 4) is 0 Å². The number of pyridine rings is 1. The first-order valence-electron chi connectivity index (χ1n) is 9.00. The number of nitrogens with one attached hydrogen (secondary N) is 2. The van der Waals surface area contributed by atoms with E-state index in [1.807, 2.05) is 4.90 Å². The average molecular weight is 405 g/mol. The average Bonchev–Trinajstić information content (AvgIpc) is 2.68. The first-order valence-corrected chi connectivity index (χ1v) is 9.00. The minimum absolute atomic E-state index is 0.276. The lowest BCUT2D eigenvalue weighted by atomic mass is 10.1. The van der Waals surface area contributed by atoms with Gasteiger partial charge in [-0.05, 0) is 36.8 Å². The molecule has 1 aliphatic rings. The Balaban J connectivity index is 1.65. The Morgan fingerprint density at radius 1 is 1.14 bits per heavy atom. The Hall–Kier alpha value is -3.27. The Kier molecular flexibility index (Phi) is 6.23. The van der Waals surface area contributed by atoms with Crippen molar-refractivity contribution in [1.82, 2.24) is 14.8 Å². The molecule has 1 saturated heterocycles. The minimum atomic E-state index is -1.15. The van der Waals surface area contributed by atoms with Crippen LogP contribution in [0.4, 0.5) is 29.7 Å². The molecule has 0 bridgehead atoms. The summed E-state index contributed by atoms with van der Waals surface area (Å²) in [6.07, 6.45) is 0.484. The van der Waals surface area contributed by atoms with Gasteiger partial charge in [0.2, 0.25) is 0 Å². The molecule has 0 unspecified atom stereocenters. The fourth-order valence-electron chi connectivity index (χ4n) is 3.01. The van der Waals surface area contributed by atoms with E-state index in [-0.39, 0.29) is 5.69 Å². The molecule has 1 aliphatic heterocycles. The number of piperazine rings is 1. The van der Waals surface area contributed by atoms with Gasteiger partial charge in [0.15, 0.2) is 11.6 Å². The highest BCUT2D eigenvalue weighted by molar-refractivity contribution is 5.99. The van der Waals surface area contributed by atoms with Crippen LogP contribution in [0.15, 0.2) is 30.5 Å². The second-order valence-corrected chi connectivity index (χ2v) is 6.75. The Bertz CT molecular complexity index is 899. The number of hydrogen-bond donors (Lipinski definition) is 3. The smallest absolute Gasteiger partial charge is 0.407 e. The number of halogens is 2. The highest BCUT2D eigenvalue weighted by Crippen LogP contribution is 2.22. The van der Waals surface area contributed by atoms with Gasteiger partial charge in [-0.1, -0.05) is 0 Å². The molecule has 29 heavy (non-hydrogen) atoms. The quantitative estimate of drug-likeness (QED) is 0.726. The Labute approximate surface area is 166 Å². The van der Waals surface area contributed by atoms with Gasteiger partial charge in [0, 0.05) is 38.4 Å². The van der Waals surface area contributed by atoms with Crippen LogP contribution in [0, 0.1) is 18.6 Å². The van der Waals surface area contributed by atoms with Crippen LogP contribution in [0.25, 0.3) is 0 Å². The van der Waals surface area contributed by atoms with E-state index < -0.39 is 23.8 Å². The lowest BCUT2D eigenvalue weighted by Gasteiger charge is -2.33. The number of aromatic nitrogens is 1. The molecule has 1 aromatic heterocycles. The van der Waals surface area contributed by atoms with Crippen LogP contribution in [-0.4, -0.2) is 58.2 Å². The number of nitrogens with zero attached hydrogens (tertiary/aromatic N) is 3. The molecule has 10 heteroatoms. The number of carbonyl (C=O) groups excluding carboxylic acids is 1. The molecule has 0 radical (unpaired) electrons. The van der Waals surface area contributed by atoms with E-state index >= 15 is 0 Å². The summed E-state index contributed by atoms with van der Waals surface area (Å²) >= 11 is 0. The molecule has 0 aliphatic carbocycles. The number of carbonyl (C=O) groups is 2. The number of carboxylic acid groups (broad SMARTS) is 1. The summed E-state index contributed by atoms with van der Waals surface area (Å²) in [5.41, 5.74) is 1.39. The standard InChI is InChI=1S/C19H21F2N5O3/c1-12-2-3-14(10-22-12)23-18(27)24-16-9-13(8-15(20)17(16)21)11-25-4-6-26(7-5-25)19(28)29/h2-3,8-10H,4-7,11H2,1H3,(H,28,29)(H2,23,24,27). The molecule has 3 rings (SSSR count). The van der Waals surface area contributed by atoms with Crippen LogP contribution in [0.1, 0.15) is 11.3 Å².